The van der Waals surface area contributed by atoms with Crippen molar-refractivity contribution in [3.63, 3.8) is 0 Å². The Balaban J connectivity index is 1.88. The number of fused-ring (bicyclic) bond motifs is 1. The second-order valence-corrected chi connectivity index (χ2v) is 9.97. The van der Waals surface area contributed by atoms with Gasteiger partial charge in [-0.05, 0) is 55.2 Å². The van der Waals surface area contributed by atoms with Crippen LogP contribution in [0.1, 0.15) is 38.2 Å². The van der Waals surface area contributed by atoms with Gasteiger partial charge in [-0.25, -0.2) is 17.6 Å². The van der Waals surface area contributed by atoms with Crippen LogP contribution in [0.25, 0.3) is 10.9 Å². The van der Waals surface area contributed by atoms with Crippen LogP contribution in [0, 0.1) is 17.1 Å². The van der Waals surface area contributed by atoms with Crippen molar-refractivity contribution in [3.8, 4) is 6.07 Å². The SMILES string of the molecule is CCCCn1c(=O)c2cc(S(=O)(=O)NC3(C#N)CC3)ccc2n(Cc2ccc(F)cc2)c1=O. The molecule has 1 aliphatic rings. The lowest BCUT2D eigenvalue weighted by Crippen LogP contribution is -2.40. The molecule has 0 saturated heterocycles. The predicted molar refractivity (Wildman–Crippen MR) is 121 cm³/mol. The van der Waals surface area contributed by atoms with Gasteiger partial charge in [-0.3, -0.25) is 13.9 Å². The quantitative estimate of drug-likeness (QED) is 0.543. The Morgan fingerprint density at radius 2 is 1.82 bits per heavy atom. The molecular formula is C23H23FN4O4S. The molecule has 1 saturated carbocycles. The summed E-state index contributed by atoms with van der Waals surface area (Å²) in [5.74, 6) is -0.406. The zero-order chi connectivity index (χ0) is 23.8. The highest BCUT2D eigenvalue weighted by atomic mass is 32.2. The molecule has 1 N–H and O–H groups in total. The molecule has 1 aliphatic carbocycles. The molecule has 2 aromatic carbocycles. The molecule has 10 heteroatoms. The van der Waals surface area contributed by atoms with Gasteiger partial charge in [0.2, 0.25) is 10.0 Å². The maximum atomic E-state index is 13.3. The van der Waals surface area contributed by atoms with Gasteiger partial charge in [-0.15, -0.1) is 0 Å². The van der Waals surface area contributed by atoms with Crippen LogP contribution in [-0.4, -0.2) is 23.1 Å². The van der Waals surface area contributed by atoms with Gasteiger partial charge >= 0.3 is 5.69 Å². The number of aromatic nitrogens is 2. The molecule has 0 bridgehead atoms. The minimum atomic E-state index is -4.04. The van der Waals surface area contributed by atoms with E-state index in [9.17, 15) is 27.7 Å². The molecule has 0 radical (unpaired) electrons. The average molecular weight is 471 g/mol. The number of nitrogens with one attached hydrogen (secondary N) is 1. The number of sulfonamides is 1. The highest BCUT2D eigenvalue weighted by molar-refractivity contribution is 7.89. The van der Waals surface area contributed by atoms with Crippen molar-refractivity contribution in [1.82, 2.24) is 13.9 Å². The van der Waals surface area contributed by atoms with Crippen LogP contribution in [0.5, 0.6) is 0 Å². The van der Waals surface area contributed by atoms with Crippen LogP contribution >= 0.6 is 0 Å². The van der Waals surface area contributed by atoms with E-state index in [-0.39, 0.29) is 28.9 Å². The molecule has 0 atom stereocenters. The summed E-state index contributed by atoms with van der Waals surface area (Å²) in [6, 6.07) is 11.6. The second-order valence-electron chi connectivity index (χ2n) is 8.28. The van der Waals surface area contributed by atoms with Crippen LogP contribution in [0.4, 0.5) is 4.39 Å². The molecular weight excluding hydrogens is 447 g/mol. The van der Waals surface area contributed by atoms with Gasteiger partial charge in [-0.1, -0.05) is 25.5 Å². The number of benzene rings is 2. The fourth-order valence-electron chi connectivity index (χ4n) is 3.69. The molecule has 33 heavy (non-hydrogen) atoms. The zero-order valence-electron chi connectivity index (χ0n) is 18.0. The first-order valence-corrected chi connectivity index (χ1v) is 12.1. The van der Waals surface area contributed by atoms with E-state index < -0.39 is 32.6 Å². The molecule has 1 heterocycles. The molecule has 0 amide bonds. The smallest absolute Gasteiger partial charge is 0.289 e. The van der Waals surface area contributed by atoms with Crippen molar-refractivity contribution < 1.29 is 12.8 Å². The lowest BCUT2D eigenvalue weighted by molar-refractivity contribution is 0.557. The maximum absolute atomic E-state index is 13.3. The van der Waals surface area contributed by atoms with Crippen molar-refractivity contribution in [2.45, 2.75) is 56.1 Å². The van der Waals surface area contributed by atoms with E-state index in [0.29, 0.717) is 24.8 Å². The molecule has 0 spiro atoms. The van der Waals surface area contributed by atoms with Crippen molar-refractivity contribution in [3.05, 3.63) is 74.7 Å². The van der Waals surface area contributed by atoms with Gasteiger partial charge in [-0.2, -0.15) is 9.98 Å². The van der Waals surface area contributed by atoms with Gasteiger partial charge in [0.1, 0.15) is 11.4 Å². The summed E-state index contributed by atoms with van der Waals surface area (Å²) in [6.07, 6.45) is 2.21. The van der Waals surface area contributed by atoms with Crippen LogP contribution in [0.2, 0.25) is 0 Å². The van der Waals surface area contributed by atoms with Gasteiger partial charge in [0, 0.05) is 6.54 Å². The lowest BCUT2D eigenvalue weighted by atomic mass is 10.2. The first-order valence-electron chi connectivity index (χ1n) is 10.7. The summed E-state index contributed by atoms with van der Waals surface area (Å²) < 4.78 is 43.9. The normalized spacial score (nSPS) is 14.8. The lowest BCUT2D eigenvalue weighted by Gasteiger charge is -2.16. The minimum Gasteiger partial charge on any atom is -0.289 e. The van der Waals surface area contributed by atoms with Crippen LogP contribution in [-0.2, 0) is 23.1 Å². The van der Waals surface area contributed by atoms with Crippen LogP contribution < -0.4 is 16.0 Å². The molecule has 0 aliphatic heterocycles. The number of nitriles is 1. The summed E-state index contributed by atoms with van der Waals surface area (Å²) in [7, 11) is -4.04. The largest absolute Gasteiger partial charge is 0.331 e. The maximum Gasteiger partial charge on any atom is 0.331 e. The Kier molecular flexibility index (Phi) is 5.95. The van der Waals surface area contributed by atoms with Crippen molar-refractivity contribution >= 4 is 20.9 Å². The van der Waals surface area contributed by atoms with E-state index in [1.54, 1.807) is 12.1 Å². The Labute approximate surface area is 189 Å². The van der Waals surface area contributed by atoms with Crippen molar-refractivity contribution in [2.24, 2.45) is 0 Å². The summed E-state index contributed by atoms with van der Waals surface area (Å²) in [4.78, 5) is 26.2. The Morgan fingerprint density at radius 1 is 1.12 bits per heavy atom. The number of unbranched alkanes of at least 4 members (excludes halogenated alkanes) is 1. The van der Waals surface area contributed by atoms with Gasteiger partial charge in [0.05, 0.1) is 28.4 Å². The zero-order valence-corrected chi connectivity index (χ0v) is 18.9. The van der Waals surface area contributed by atoms with E-state index in [1.807, 2.05) is 13.0 Å². The first kappa shape index (κ1) is 22.9. The van der Waals surface area contributed by atoms with Crippen LogP contribution in [0.3, 0.4) is 0 Å². The molecule has 172 valence electrons. The average Bonchev–Trinajstić information content (AvgIpc) is 3.56. The number of rotatable bonds is 8. The summed E-state index contributed by atoms with van der Waals surface area (Å²) in [5, 5.41) is 9.31. The highest BCUT2D eigenvalue weighted by Crippen LogP contribution is 2.36. The molecule has 8 nitrogen and oxygen atoms in total. The highest BCUT2D eigenvalue weighted by Gasteiger charge is 2.46. The monoisotopic (exact) mass is 470 g/mol. The molecule has 1 fully saturated rings. The number of nitrogens with zero attached hydrogens (tertiary/aromatic N) is 3. The number of halogens is 1. The molecule has 3 aromatic rings. The summed E-state index contributed by atoms with van der Waals surface area (Å²) in [5.41, 5.74) is -1.25. The van der Waals surface area contributed by atoms with E-state index in [2.05, 4.69) is 4.72 Å². The standard InChI is InChI=1S/C23H23FN4O4S/c1-2-3-12-27-21(29)19-13-18(33(31,32)26-23(15-25)10-11-23)8-9-20(19)28(22(27)30)14-16-4-6-17(24)7-5-16/h4-9,13,26H,2-3,10-12,14H2,1H3. The molecule has 1 aromatic heterocycles. The van der Waals surface area contributed by atoms with Gasteiger partial charge < -0.3 is 0 Å². The topological polar surface area (TPSA) is 114 Å². The molecule has 4 rings (SSSR count). The third-order valence-corrected chi connectivity index (χ3v) is 7.32. The predicted octanol–water partition coefficient (Wildman–Crippen LogP) is 2.49. The second kappa shape index (κ2) is 8.57. The van der Waals surface area contributed by atoms with E-state index in [0.717, 1.165) is 11.0 Å². The first-order chi connectivity index (χ1) is 15.7. The van der Waals surface area contributed by atoms with Crippen LogP contribution in [0.15, 0.2) is 56.9 Å². The van der Waals surface area contributed by atoms with Crippen molar-refractivity contribution in [1.29, 1.82) is 5.26 Å². The van der Waals surface area contributed by atoms with E-state index in [1.165, 1.54) is 34.9 Å². The van der Waals surface area contributed by atoms with E-state index in [4.69, 9.17) is 0 Å². The molecule has 0 unspecified atom stereocenters. The minimum absolute atomic E-state index is 0.0810. The van der Waals surface area contributed by atoms with Gasteiger partial charge in [0.25, 0.3) is 5.56 Å². The Hall–Kier alpha value is -3.29. The summed E-state index contributed by atoms with van der Waals surface area (Å²) >= 11 is 0. The fraction of sp³-hybridized carbons (Fsp3) is 0.348. The van der Waals surface area contributed by atoms with E-state index >= 15 is 0 Å². The fourth-order valence-corrected chi connectivity index (χ4v) is 5.09. The Morgan fingerprint density at radius 3 is 2.42 bits per heavy atom. The Bertz CT molecular complexity index is 1480. The number of hydrogen-bond acceptors (Lipinski definition) is 5. The number of hydrogen-bond donors (Lipinski definition) is 1. The van der Waals surface area contributed by atoms with Gasteiger partial charge in [0.15, 0.2) is 0 Å². The third-order valence-electron chi connectivity index (χ3n) is 5.79. The summed E-state index contributed by atoms with van der Waals surface area (Å²) in [6.45, 7) is 2.21. The van der Waals surface area contributed by atoms with Crippen molar-refractivity contribution in [2.75, 3.05) is 0 Å². The third kappa shape index (κ3) is 4.47.